The first kappa shape index (κ1) is 22.6. The maximum Gasteiger partial charge on any atom is 0.251 e. The number of fused-ring (bicyclic) bond motifs is 1. The monoisotopic (exact) mass is 441 g/mol. The molecule has 0 radical (unpaired) electrons. The Hall–Kier alpha value is -3.60. The zero-order valence-corrected chi connectivity index (χ0v) is 19.3. The molecule has 33 heavy (non-hydrogen) atoms. The summed E-state index contributed by atoms with van der Waals surface area (Å²) in [6.07, 6.45) is 1.54. The van der Waals surface area contributed by atoms with Crippen LogP contribution < -0.4 is 10.1 Å². The minimum Gasteiger partial charge on any atom is -0.494 e. The number of carbonyl (C=O) groups excluding carboxylic acids is 1. The second-order valence-electron chi connectivity index (χ2n) is 8.47. The van der Waals surface area contributed by atoms with Gasteiger partial charge in [-0.15, -0.1) is 0 Å². The number of carbonyl (C=O) groups is 1. The molecule has 0 saturated heterocycles. The number of benzene rings is 3. The molecule has 1 aromatic heterocycles. The predicted molar refractivity (Wildman–Crippen MR) is 133 cm³/mol. The van der Waals surface area contributed by atoms with Gasteiger partial charge in [0.15, 0.2) is 0 Å². The first-order valence-electron chi connectivity index (χ1n) is 11.6. The van der Waals surface area contributed by atoms with Crippen LogP contribution in [0, 0.1) is 0 Å². The van der Waals surface area contributed by atoms with E-state index in [0.717, 1.165) is 35.6 Å². The predicted octanol–water partition coefficient (Wildman–Crippen LogP) is 5.60. The first-order valence-corrected chi connectivity index (χ1v) is 11.6. The van der Waals surface area contributed by atoms with Gasteiger partial charge in [-0.25, -0.2) is 4.98 Å². The van der Waals surface area contributed by atoms with Crippen LogP contribution in [0.15, 0.2) is 78.9 Å². The first-order chi connectivity index (χ1) is 16.1. The number of hydrogen-bond acceptors (Lipinski definition) is 3. The molecule has 5 nitrogen and oxygen atoms in total. The van der Waals surface area contributed by atoms with E-state index in [9.17, 15) is 4.79 Å². The maximum absolute atomic E-state index is 12.3. The topological polar surface area (TPSA) is 56.1 Å². The van der Waals surface area contributed by atoms with Crippen molar-refractivity contribution in [1.82, 2.24) is 14.9 Å². The van der Waals surface area contributed by atoms with Gasteiger partial charge in [0.1, 0.15) is 11.6 Å². The van der Waals surface area contributed by atoms with Crippen LogP contribution in [0.1, 0.15) is 47.9 Å². The van der Waals surface area contributed by atoms with Crippen molar-refractivity contribution >= 4 is 16.9 Å². The van der Waals surface area contributed by atoms with E-state index in [4.69, 9.17) is 9.72 Å². The Morgan fingerprint density at radius 2 is 1.70 bits per heavy atom. The Morgan fingerprint density at radius 1 is 0.970 bits per heavy atom. The van der Waals surface area contributed by atoms with E-state index >= 15 is 0 Å². The molecule has 0 spiro atoms. The second-order valence-corrected chi connectivity index (χ2v) is 8.47. The van der Waals surface area contributed by atoms with Crippen molar-refractivity contribution in [3.8, 4) is 5.75 Å². The third-order valence-corrected chi connectivity index (χ3v) is 5.75. The van der Waals surface area contributed by atoms with E-state index < -0.39 is 0 Å². The lowest BCUT2D eigenvalue weighted by molar-refractivity contribution is 0.0954. The van der Waals surface area contributed by atoms with Crippen LogP contribution in [-0.2, 0) is 13.0 Å². The van der Waals surface area contributed by atoms with Crippen molar-refractivity contribution in [3.05, 3.63) is 95.8 Å². The highest BCUT2D eigenvalue weighted by atomic mass is 16.5. The minimum absolute atomic E-state index is 0.0600. The Balaban J connectivity index is 1.35. The highest BCUT2D eigenvalue weighted by molar-refractivity contribution is 5.94. The number of imidazole rings is 1. The fourth-order valence-electron chi connectivity index (χ4n) is 3.91. The Morgan fingerprint density at radius 3 is 2.45 bits per heavy atom. The van der Waals surface area contributed by atoms with E-state index in [-0.39, 0.29) is 5.91 Å². The molecule has 5 heteroatoms. The number of aromatic nitrogens is 2. The molecular formula is C28H31N3O2. The van der Waals surface area contributed by atoms with Crippen LogP contribution in [0.5, 0.6) is 5.75 Å². The minimum atomic E-state index is -0.0600. The molecule has 1 heterocycles. The molecule has 0 atom stereocenters. The van der Waals surface area contributed by atoms with Crippen LogP contribution in [0.25, 0.3) is 11.0 Å². The summed E-state index contributed by atoms with van der Waals surface area (Å²) in [6.45, 7) is 6.37. The van der Waals surface area contributed by atoms with E-state index in [0.29, 0.717) is 31.1 Å². The maximum atomic E-state index is 12.3. The van der Waals surface area contributed by atoms with Gasteiger partial charge in [-0.3, -0.25) is 4.79 Å². The fourth-order valence-corrected chi connectivity index (χ4v) is 3.91. The van der Waals surface area contributed by atoms with Gasteiger partial charge in [0.25, 0.3) is 5.91 Å². The Labute approximate surface area is 195 Å². The lowest BCUT2D eigenvalue weighted by Gasteiger charge is -2.12. The van der Waals surface area contributed by atoms with Gasteiger partial charge in [-0.2, -0.15) is 0 Å². The zero-order valence-electron chi connectivity index (χ0n) is 19.3. The molecule has 0 aliphatic heterocycles. The molecule has 4 aromatic rings. The van der Waals surface area contributed by atoms with Crippen LogP contribution in [0.3, 0.4) is 0 Å². The van der Waals surface area contributed by atoms with E-state index in [1.807, 2.05) is 60.7 Å². The number of ether oxygens (including phenoxy) is 1. The Kier molecular flexibility index (Phi) is 7.40. The number of nitrogens with one attached hydrogen (secondary N) is 1. The summed E-state index contributed by atoms with van der Waals surface area (Å²) in [5.74, 6) is 2.34. The molecule has 170 valence electrons. The van der Waals surface area contributed by atoms with Crippen molar-refractivity contribution in [2.75, 3.05) is 13.2 Å². The van der Waals surface area contributed by atoms with Crippen molar-refractivity contribution in [2.45, 2.75) is 39.2 Å². The summed E-state index contributed by atoms with van der Waals surface area (Å²) in [7, 11) is 0. The van der Waals surface area contributed by atoms with E-state index in [1.165, 1.54) is 5.56 Å². The van der Waals surface area contributed by atoms with Crippen LogP contribution in [0.2, 0.25) is 0 Å². The second kappa shape index (κ2) is 10.8. The normalized spacial score (nSPS) is 11.1. The van der Waals surface area contributed by atoms with Gasteiger partial charge in [-0.05, 0) is 54.3 Å². The van der Waals surface area contributed by atoms with Crippen molar-refractivity contribution in [1.29, 1.82) is 0 Å². The smallest absolute Gasteiger partial charge is 0.251 e. The van der Waals surface area contributed by atoms with Gasteiger partial charge < -0.3 is 14.6 Å². The quantitative estimate of drug-likeness (QED) is 0.326. The van der Waals surface area contributed by atoms with Crippen LogP contribution in [0.4, 0.5) is 0 Å². The zero-order chi connectivity index (χ0) is 23.0. The van der Waals surface area contributed by atoms with Gasteiger partial charge in [0.05, 0.1) is 17.6 Å². The van der Waals surface area contributed by atoms with Crippen molar-refractivity contribution in [3.63, 3.8) is 0 Å². The third-order valence-electron chi connectivity index (χ3n) is 5.75. The molecule has 0 saturated carbocycles. The lowest BCUT2D eigenvalue weighted by atomic mass is 10.0. The molecule has 3 aromatic carbocycles. The number of hydrogen-bond donors (Lipinski definition) is 1. The summed E-state index contributed by atoms with van der Waals surface area (Å²) >= 11 is 0. The SMILES string of the molecule is CC(C)c1ccc(OCCCn2c(CCNC(=O)c3ccccc3)nc3ccccc32)cc1. The molecule has 0 unspecified atom stereocenters. The largest absolute Gasteiger partial charge is 0.494 e. The highest BCUT2D eigenvalue weighted by Crippen LogP contribution is 2.20. The standard InChI is InChI=1S/C28H31N3O2/c1-21(2)22-13-15-24(16-14-22)33-20-8-19-31-26-12-7-6-11-25(26)30-27(31)17-18-29-28(32)23-9-4-3-5-10-23/h3-7,9-16,21H,8,17-20H2,1-2H3,(H,29,32). The molecule has 0 aliphatic rings. The Bertz CT molecular complexity index is 1180. The van der Waals surface area contributed by atoms with E-state index in [2.05, 4.69) is 41.9 Å². The summed E-state index contributed by atoms with van der Waals surface area (Å²) in [5.41, 5.74) is 4.08. The average Bonchev–Trinajstić information content (AvgIpc) is 3.20. The summed E-state index contributed by atoms with van der Waals surface area (Å²) in [5, 5.41) is 3.00. The number of amides is 1. The fraction of sp³-hybridized carbons (Fsp3) is 0.286. The van der Waals surface area contributed by atoms with Crippen LogP contribution in [-0.4, -0.2) is 28.6 Å². The van der Waals surface area contributed by atoms with Gasteiger partial charge >= 0.3 is 0 Å². The number of para-hydroxylation sites is 2. The molecule has 1 amide bonds. The summed E-state index contributed by atoms with van der Waals surface area (Å²) < 4.78 is 8.21. The molecule has 0 aliphatic carbocycles. The number of nitrogens with zero attached hydrogens (tertiary/aromatic N) is 2. The van der Waals surface area contributed by atoms with Gasteiger partial charge in [-0.1, -0.05) is 56.3 Å². The average molecular weight is 442 g/mol. The number of rotatable bonds is 10. The lowest BCUT2D eigenvalue weighted by Crippen LogP contribution is -2.26. The van der Waals surface area contributed by atoms with E-state index in [1.54, 1.807) is 0 Å². The summed E-state index contributed by atoms with van der Waals surface area (Å²) in [4.78, 5) is 17.2. The molecular weight excluding hydrogens is 410 g/mol. The van der Waals surface area contributed by atoms with Crippen molar-refractivity contribution in [2.24, 2.45) is 0 Å². The third kappa shape index (κ3) is 5.80. The molecule has 1 N–H and O–H groups in total. The molecule has 4 rings (SSSR count). The molecule has 0 fully saturated rings. The van der Waals surface area contributed by atoms with Gasteiger partial charge in [0, 0.05) is 25.1 Å². The molecule has 0 bridgehead atoms. The van der Waals surface area contributed by atoms with Gasteiger partial charge in [0.2, 0.25) is 0 Å². The highest BCUT2D eigenvalue weighted by Gasteiger charge is 2.11. The van der Waals surface area contributed by atoms with Crippen molar-refractivity contribution < 1.29 is 9.53 Å². The number of aryl methyl sites for hydroxylation is 1. The summed E-state index contributed by atoms with van der Waals surface area (Å²) in [6, 6.07) is 25.8. The van der Waals surface area contributed by atoms with Crippen LogP contribution >= 0.6 is 0 Å².